The van der Waals surface area contributed by atoms with Gasteiger partial charge in [0.15, 0.2) is 0 Å². The summed E-state index contributed by atoms with van der Waals surface area (Å²) in [5.74, 6) is -0.481. The highest BCUT2D eigenvalue weighted by molar-refractivity contribution is 6.37. The van der Waals surface area contributed by atoms with E-state index >= 15 is 0 Å². The number of carbonyl (C=O) groups is 1. The Morgan fingerprint density at radius 3 is 0.840 bits per heavy atom. The molecule has 0 aromatic rings. The molecule has 0 saturated heterocycles. The number of primary amides is 1. The van der Waals surface area contributed by atoms with Crippen LogP contribution >= 0.6 is 34.8 Å². The molecule has 1 amide bonds. The molecule has 0 aromatic carbocycles. The summed E-state index contributed by atoms with van der Waals surface area (Å²) in [5.41, 5.74) is 4.53. The first-order chi connectivity index (χ1) is 11.0. The fourth-order valence-electron chi connectivity index (χ4n) is 0. The van der Waals surface area contributed by atoms with E-state index in [1.807, 2.05) is 0 Å². The Hall–Kier alpha value is -1.59. The van der Waals surface area contributed by atoms with Gasteiger partial charge in [-0.15, -0.1) is 0 Å². The lowest BCUT2D eigenvalue weighted by Crippen LogP contribution is -2.04. The Kier molecular flexibility index (Phi) is 34.2. The first-order valence-corrected chi connectivity index (χ1v) is 5.80. The van der Waals surface area contributed by atoms with E-state index in [4.69, 9.17) is 0 Å². The smallest absolute Gasteiger partial charge is 0.317 e. The van der Waals surface area contributed by atoms with Crippen molar-refractivity contribution in [2.45, 2.75) is 0 Å². The second kappa shape index (κ2) is 24.7. The van der Waals surface area contributed by atoms with Crippen LogP contribution in [0.1, 0.15) is 0 Å². The van der Waals surface area contributed by atoms with E-state index in [0.29, 0.717) is 0 Å². The summed E-state index contributed by atoms with van der Waals surface area (Å²) in [6.07, 6.45) is -5.09. The van der Waals surface area contributed by atoms with E-state index in [1.165, 1.54) is 0 Å². The summed E-state index contributed by atoms with van der Waals surface area (Å²) >= 11 is 12.7. The molecule has 0 radical (unpaired) electrons. The van der Waals surface area contributed by atoms with E-state index in [-0.39, 0.29) is 0 Å². The van der Waals surface area contributed by atoms with E-state index < -0.39 is 40.0 Å². The van der Waals surface area contributed by atoms with Crippen molar-refractivity contribution in [3.63, 3.8) is 0 Å². The maximum absolute atomic E-state index is 11.0. The summed E-state index contributed by atoms with van der Waals surface area (Å²) in [7, 11) is 0. The molecular weight excluding hydrogens is 439 g/mol. The van der Waals surface area contributed by atoms with Crippen LogP contribution in [0, 0.1) is 0 Å². The molecule has 0 aliphatic rings. The van der Waals surface area contributed by atoms with Crippen molar-refractivity contribution >= 4 is 40.7 Å². The van der Waals surface area contributed by atoms with Crippen LogP contribution in [0.2, 0.25) is 0 Å². The molecule has 0 atom stereocenters. The van der Waals surface area contributed by atoms with Crippen molar-refractivity contribution in [1.29, 1.82) is 0 Å². The summed E-state index contributed by atoms with van der Waals surface area (Å²) in [5, 5.41) is -4.94. The second-order valence-electron chi connectivity index (χ2n) is 2.33. The molecule has 25 heavy (non-hydrogen) atoms. The normalized spacial score (nSPS) is 8.64. The van der Waals surface area contributed by atoms with Crippen molar-refractivity contribution in [2.24, 2.45) is 5.73 Å². The minimum atomic E-state index is -2.48. The van der Waals surface area contributed by atoms with Gasteiger partial charge in [-0.25, -0.2) is 0 Å². The topological polar surface area (TPSA) is 43.1 Å². The van der Waals surface area contributed by atoms with Gasteiger partial charge in [0.25, 0.3) is 17.4 Å². The average Bonchev–Trinajstić information content (AvgIpc) is 2.38. The van der Waals surface area contributed by atoms with Crippen LogP contribution in [0.15, 0.2) is 59.9 Å². The lowest BCUT2D eigenvalue weighted by molar-refractivity contribution is -0.113. The van der Waals surface area contributed by atoms with Crippen LogP contribution in [-0.4, -0.2) is 5.91 Å². The minimum Gasteiger partial charge on any atom is -0.366 e. The van der Waals surface area contributed by atoms with Gasteiger partial charge < -0.3 is 5.73 Å². The highest BCUT2D eigenvalue weighted by atomic mass is 35.5. The number of carbonyl (C=O) groups excluding carboxylic acids is 1. The molecule has 0 aliphatic heterocycles. The minimum absolute atomic E-state index is 0.481. The van der Waals surface area contributed by atoms with Crippen molar-refractivity contribution < 1.29 is 44.3 Å². The molecule has 0 spiro atoms. The highest BCUT2D eigenvalue weighted by Gasteiger charge is 1.95. The number of rotatable bonds is 1. The predicted molar refractivity (Wildman–Crippen MR) is 79.3 cm³/mol. The maximum atomic E-state index is 11.0. The molecule has 2 N–H and O–H groups in total. The summed E-state index contributed by atoms with van der Waals surface area (Å²) in [6.45, 7) is 7.53. The molecule has 0 unspecified atom stereocenters. The Labute approximate surface area is 151 Å². The lowest BCUT2D eigenvalue weighted by atomic mass is 10.6. The summed E-state index contributed by atoms with van der Waals surface area (Å²) in [6, 6.07) is 0. The van der Waals surface area contributed by atoms with Gasteiger partial charge in [0.05, 0.1) is 0 Å². The SMILES string of the molecule is C=C(F)F.C=C(F)F.C=CC(N)=O.FC(Cl)=C(F)Cl.FC(F)=C(F)Cl. The first-order valence-electron chi connectivity index (χ1n) is 4.66. The molecule has 0 aliphatic carbocycles. The van der Waals surface area contributed by atoms with Crippen LogP contribution in [-0.2, 0) is 4.79 Å². The van der Waals surface area contributed by atoms with Crippen molar-refractivity contribution in [1.82, 2.24) is 0 Å². The molecule has 0 fully saturated rings. The molecule has 14 heteroatoms. The van der Waals surface area contributed by atoms with E-state index in [0.717, 1.165) is 6.08 Å². The molecule has 0 aromatic heterocycles. The van der Waals surface area contributed by atoms with Gasteiger partial charge in [0, 0.05) is 0 Å². The van der Waals surface area contributed by atoms with Gasteiger partial charge in [-0.1, -0.05) is 6.58 Å². The van der Waals surface area contributed by atoms with Gasteiger partial charge in [-0.2, -0.15) is 39.5 Å². The zero-order valence-electron chi connectivity index (χ0n) is 11.7. The zero-order valence-corrected chi connectivity index (χ0v) is 14.0. The van der Waals surface area contributed by atoms with Crippen LogP contribution in [0.5, 0.6) is 0 Å². The predicted octanol–water partition coefficient (Wildman–Crippen LogP) is 7.24. The monoisotopic (exact) mass is 447 g/mol. The maximum Gasteiger partial charge on any atom is 0.317 e. The molecular formula is C11H9Cl3F9NO. The number of amides is 1. The third-order valence-corrected chi connectivity index (χ3v) is 1.06. The number of hydrogen-bond acceptors (Lipinski definition) is 1. The van der Waals surface area contributed by atoms with Gasteiger partial charge >= 0.3 is 6.08 Å². The number of hydrogen-bond donors (Lipinski definition) is 1. The Bertz CT molecular complexity index is 403. The number of halogens is 12. The largest absolute Gasteiger partial charge is 0.366 e. The highest BCUT2D eigenvalue weighted by Crippen LogP contribution is 2.14. The second-order valence-corrected chi connectivity index (χ2v) is 3.32. The van der Waals surface area contributed by atoms with E-state index in [2.05, 4.69) is 60.3 Å². The van der Waals surface area contributed by atoms with Gasteiger partial charge in [-0.3, -0.25) is 4.79 Å². The quantitative estimate of drug-likeness (QED) is 0.333. The van der Waals surface area contributed by atoms with Crippen LogP contribution < -0.4 is 5.73 Å². The third kappa shape index (κ3) is 132. The number of nitrogens with two attached hydrogens (primary N) is 1. The zero-order chi connectivity index (χ0) is 21.7. The van der Waals surface area contributed by atoms with E-state index in [1.54, 1.807) is 0 Å². The van der Waals surface area contributed by atoms with Crippen LogP contribution in [0.25, 0.3) is 0 Å². The third-order valence-electron chi connectivity index (χ3n) is 0.487. The summed E-state index contributed by atoms with van der Waals surface area (Å²) < 4.78 is 94.3. The Balaban J connectivity index is -0.0000000675. The Morgan fingerprint density at radius 1 is 0.720 bits per heavy atom. The molecule has 148 valence electrons. The van der Waals surface area contributed by atoms with E-state index in [9.17, 15) is 44.3 Å². The van der Waals surface area contributed by atoms with Gasteiger partial charge in [0.2, 0.25) is 16.5 Å². The molecule has 0 bridgehead atoms. The first kappa shape index (κ1) is 34.7. The fraction of sp³-hybridized carbons (Fsp3) is 0. The van der Waals surface area contributed by atoms with Gasteiger partial charge in [-0.05, 0) is 54.0 Å². The van der Waals surface area contributed by atoms with Gasteiger partial charge in [0.1, 0.15) is 0 Å². The lowest BCUT2D eigenvalue weighted by Gasteiger charge is -1.72. The average molecular weight is 449 g/mol. The molecule has 2 nitrogen and oxygen atoms in total. The molecule has 0 saturated carbocycles. The van der Waals surface area contributed by atoms with Crippen LogP contribution in [0.4, 0.5) is 39.5 Å². The summed E-state index contributed by atoms with van der Waals surface area (Å²) in [4.78, 5) is 9.47. The molecule has 0 rings (SSSR count). The Morgan fingerprint density at radius 2 is 0.840 bits per heavy atom. The molecule has 0 heterocycles. The van der Waals surface area contributed by atoms with Crippen molar-refractivity contribution in [3.8, 4) is 0 Å². The fourth-order valence-corrected chi connectivity index (χ4v) is 0. The van der Waals surface area contributed by atoms with Crippen molar-refractivity contribution in [3.05, 3.63) is 59.9 Å². The van der Waals surface area contributed by atoms with Crippen molar-refractivity contribution in [2.75, 3.05) is 0 Å². The standard InChI is InChI=1S/C3H5NO.C2Cl2F2.C2ClF3.2C2H2F2/c1-2-3(4)5;3-1(5)2(4)6;3-1(4)2(5)6;2*1-2(3)4/h2H,1H2,(H2,4,5);;;2*1H2. The van der Waals surface area contributed by atoms with Crippen LogP contribution in [0.3, 0.4) is 0 Å².